The van der Waals surface area contributed by atoms with Crippen LogP contribution in [-0.2, 0) is 25.5 Å². The number of carbonyl (C=O) groups excluding carboxylic acids is 2. The lowest BCUT2D eigenvalue weighted by Gasteiger charge is -2.40. The van der Waals surface area contributed by atoms with Gasteiger partial charge in [-0.05, 0) is 43.7 Å². The third-order valence-electron chi connectivity index (χ3n) is 5.67. The summed E-state index contributed by atoms with van der Waals surface area (Å²) in [5, 5.41) is 0. The molecule has 0 bridgehead atoms. The van der Waals surface area contributed by atoms with Crippen molar-refractivity contribution >= 4 is 11.9 Å². The zero-order chi connectivity index (χ0) is 19.1. The molecule has 1 spiro atoms. The highest BCUT2D eigenvalue weighted by atomic mass is 16.6. The summed E-state index contributed by atoms with van der Waals surface area (Å²) in [7, 11) is 1.52. The third kappa shape index (κ3) is 4.80. The first kappa shape index (κ1) is 19.7. The summed E-state index contributed by atoms with van der Waals surface area (Å²) in [5.41, 5.74) is 0.723. The number of cyclic esters (lactones) is 1. The highest BCUT2D eigenvalue weighted by molar-refractivity contribution is 5.79. The van der Waals surface area contributed by atoms with E-state index in [1.807, 2.05) is 18.2 Å². The Balaban J connectivity index is 1.65. The number of hydrogen-bond donors (Lipinski definition) is 0. The Kier molecular flexibility index (Phi) is 6.72. The summed E-state index contributed by atoms with van der Waals surface area (Å²) in [6, 6.07) is 8.06. The average Bonchev–Trinajstić information content (AvgIpc) is 2.69. The van der Waals surface area contributed by atoms with Crippen molar-refractivity contribution < 1.29 is 23.8 Å². The minimum absolute atomic E-state index is 0.0149. The molecule has 0 radical (unpaired) electrons. The molecular weight excluding hydrogens is 346 g/mol. The number of para-hydroxylation sites is 1. The van der Waals surface area contributed by atoms with Gasteiger partial charge in [-0.3, -0.25) is 9.59 Å². The van der Waals surface area contributed by atoms with Gasteiger partial charge in [-0.1, -0.05) is 24.6 Å². The lowest BCUT2D eigenvalue weighted by Crippen LogP contribution is -2.48. The highest BCUT2D eigenvalue weighted by Gasteiger charge is 2.43. The quantitative estimate of drug-likeness (QED) is 0.744. The zero-order valence-electron chi connectivity index (χ0n) is 16.1. The average molecular weight is 375 g/mol. The molecule has 0 N–H and O–H groups in total. The molecule has 2 aliphatic rings. The van der Waals surface area contributed by atoms with Crippen molar-refractivity contribution in [3.8, 4) is 5.75 Å². The Morgan fingerprint density at radius 3 is 2.63 bits per heavy atom. The van der Waals surface area contributed by atoms with Gasteiger partial charge in [0.15, 0.2) is 0 Å². The summed E-state index contributed by atoms with van der Waals surface area (Å²) in [4.78, 5) is 26.7. The van der Waals surface area contributed by atoms with E-state index in [0.717, 1.165) is 31.4 Å². The molecule has 1 saturated heterocycles. The molecule has 0 aliphatic carbocycles. The number of carbonyl (C=O) groups is 2. The second-order valence-corrected chi connectivity index (χ2v) is 7.39. The second-order valence-electron chi connectivity index (χ2n) is 7.39. The van der Waals surface area contributed by atoms with E-state index in [4.69, 9.17) is 14.2 Å². The minimum Gasteiger partial charge on any atom is -0.490 e. The van der Waals surface area contributed by atoms with Crippen LogP contribution in [0.25, 0.3) is 0 Å². The van der Waals surface area contributed by atoms with Gasteiger partial charge in [0, 0.05) is 20.2 Å². The predicted molar refractivity (Wildman–Crippen MR) is 101 cm³/mol. The molecular formula is C21H29NO5. The fraction of sp³-hybridized carbons (Fsp3) is 0.619. The Bertz CT molecular complexity index is 652. The number of esters is 1. The minimum atomic E-state index is -0.484. The number of rotatable bonds is 2. The molecule has 27 heavy (non-hydrogen) atoms. The lowest BCUT2D eigenvalue weighted by molar-refractivity contribution is -0.162. The number of piperidine rings is 1. The van der Waals surface area contributed by atoms with Gasteiger partial charge in [-0.15, -0.1) is 0 Å². The normalized spacial score (nSPS) is 20.6. The second kappa shape index (κ2) is 9.22. The standard InChI is InChI=1S/C21H29NO5/c1-25-16-19(23)22-12-10-21(11-13-22)9-5-4-7-17-6-2-3-8-18(17)26-14-15-27-20(21)24/h2-3,6,8H,4-5,7,9-16H2,1H3. The first-order valence-corrected chi connectivity index (χ1v) is 9.79. The van der Waals surface area contributed by atoms with Crippen molar-refractivity contribution in [1.82, 2.24) is 4.90 Å². The zero-order valence-corrected chi connectivity index (χ0v) is 16.1. The molecule has 0 unspecified atom stereocenters. The molecule has 0 atom stereocenters. The molecule has 1 aromatic carbocycles. The van der Waals surface area contributed by atoms with Crippen LogP contribution in [0.1, 0.15) is 37.7 Å². The first-order valence-electron chi connectivity index (χ1n) is 9.79. The maximum absolute atomic E-state index is 12.8. The predicted octanol–water partition coefficient (Wildman–Crippen LogP) is 2.59. The summed E-state index contributed by atoms with van der Waals surface area (Å²) in [6.45, 7) is 1.86. The van der Waals surface area contributed by atoms with E-state index in [9.17, 15) is 9.59 Å². The largest absolute Gasteiger partial charge is 0.490 e. The van der Waals surface area contributed by atoms with Crippen molar-refractivity contribution in [1.29, 1.82) is 0 Å². The van der Waals surface area contributed by atoms with Crippen molar-refractivity contribution in [3.05, 3.63) is 29.8 Å². The number of methoxy groups -OCH3 is 1. The van der Waals surface area contributed by atoms with E-state index in [1.165, 1.54) is 12.7 Å². The number of amides is 1. The van der Waals surface area contributed by atoms with Crippen LogP contribution in [0.15, 0.2) is 24.3 Å². The summed E-state index contributed by atoms with van der Waals surface area (Å²) < 4.78 is 16.3. The van der Waals surface area contributed by atoms with Crippen LogP contribution in [0.3, 0.4) is 0 Å². The summed E-state index contributed by atoms with van der Waals surface area (Å²) >= 11 is 0. The van der Waals surface area contributed by atoms with E-state index >= 15 is 0 Å². The molecule has 1 amide bonds. The van der Waals surface area contributed by atoms with Crippen LogP contribution in [0.5, 0.6) is 5.75 Å². The van der Waals surface area contributed by atoms with Gasteiger partial charge >= 0.3 is 5.97 Å². The van der Waals surface area contributed by atoms with Crippen LogP contribution >= 0.6 is 0 Å². The van der Waals surface area contributed by atoms with Crippen molar-refractivity contribution in [2.24, 2.45) is 5.41 Å². The van der Waals surface area contributed by atoms with Gasteiger partial charge < -0.3 is 19.1 Å². The number of ether oxygens (including phenoxy) is 3. The van der Waals surface area contributed by atoms with Crippen molar-refractivity contribution in [3.63, 3.8) is 0 Å². The van der Waals surface area contributed by atoms with Gasteiger partial charge in [0.1, 0.15) is 25.6 Å². The SMILES string of the molecule is COCC(=O)N1CCC2(CCCCc3ccccc3OCCOC2=O)CC1. The maximum atomic E-state index is 12.8. The van der Waals surface area contributed by atoms with Crippen LogP contribution in [-0.4, -0.2) is 56.8 Å². The van der Waals surface area contributed by atoms with E-state index in [1.54, 1.807) is 4.90 Å². The fourth-order valence-corrected chi connectivity index (χ4v) is 4.02. The van der Waals surface area contributed by atoms with Crippen LogP contribution in [0, 0.1) is 5.41 Å². The number of hydrogen-bond acceptors (Lipinski definition) is 5. The molecule has 2 aliphatic heterocycles. The van der Waals surface area contributed by atoms with Crippen molar-refractivity contribution in [2.75, 3.05) is 40.0 Å². The highest BCUT2D eigenvalue weighted by Crippen LogP contribution is 2.38. The number of benzene rings is 1. The topological polar surface area (TPSA) is 65.1 Å². The van der Waals surface area contributed by atoms with Gasteiger partial charge in [-0.25, -0.2) is 0 Å². The first-order chi connectivity index (χ1) is 13.1. The van der Waals surface area contributed by atoms with Crippen molar-refractivity contribution in [2.45, 2.75) is 38.5 Å². The molecule has 0 aromatic heterocycles. The van der Waals surface area contributed by atoms with Crippen LogP contribution in [0.4, 0.5) is 0 Å². The fourth-order valence-electron chi connectivity index (χ4n) is 4.02. The third-order valence-corrected chi connectivity index (χ3v) is 5.67. The Labute approximate surface area is 160 Å². The summed E-state index contributed by atoms with van der Waals surface area (Å²) in [6.07, 6.45) is 5.01. The van der Waals surface area contributed by atoms with Gasteiger partial charge in [-0.2, -0.15) is 0 Å². The van der Waals surface area contributed by atoms with Crippen LogP contribution < -0.4 is 4.74 Å². The van der Waals surface area contributed by atoms with E-state index in [0.29, 0.717) is 32.5 Å². The van der Waals surface area contributed by atoms with Gasteiger partial charge in [0.2, 0.25) is 5.91 Å². The van der Waals surface area contributed by atoms with Crippen LogP contribution in [0.2, 0.25) is 0 Å². The monoisotopic (exact) mass is 375 g/mol. The molecule has 148 valence electrons. The molecule has 6 heteroatoms. The number of aryl methyl sites for hydroxylation is 1. The van der Waals surface area contributed by atoms with Gasteiger partial charge in [0.05, 0.1) is 5.41 Å². The Hall–Kier alpha value is -2.08. The summed E-state index contributed by atoms with van der Waals surface area (Å²) in [5.74, 6) is 0.728. The van der Waals surface area contributed by atoms with E-state index in [2.05, 4.69) is 6.07 Å². The lowest BCUT2D eigenvalue weighted by atomic mass is 9.74. The molecule has 1 fully saturated rings. The van der Waals surface area contributed by atoms with Gasteiger partial charge in [0.25, 0.3) is 0 Å². The number of fused-ring (bicyclic) bond motifs is 1. The number of likely N-dealkylation sites (tertiary alicyclic amines) is 1. The van der Waals surface area contributed by atoms with E-state index in [-0.39, 0.29) is 25.1 Å². The molecule has 3 rings (SSSR count). The molecule has 1 aromatic rings. The number of nitrogens with zero attached hydrogens (tertiary/aromatic N) is 1. The maximum Gasteiger partial charge on any atom is 0.312 e. The molecule has 0 saturated carbocycles. The Morgan fingerprint density at radius 2 is 1.85 bits per heavy atom. The Morgan fingerprint density at radius 1 is 1.11 bits per heavy atom. The molecule has 6 nitrogen and oxygen atoms in total. The smallest absolute Gasteiger partial charge is 0.312 e. The van der Waals surface area contributed by atoms with E-state index < -0.39 is 5.41 Å². The molecule has 2 heterocycles.